The van der Waals surface area contributed by atoms with Gasteiger partial charge in [0.25, 0.3) is 0 Å². The van der Waals surface area contributed by atoms with Crippen molar-refractivity contribution in [3.05, 3.63) is 0 Å². The second kappa shape index (κ2) is 17.8. The van der Waals surface area contributed by atoms with E-state index in [1.807, 2.05) is 0 Å². The maximum Gasteiger partial charge on any atom is 0.305 e. The quantitative estimate of drug-likeness (QED) is 0.272. The van der Waals surface area contributed by atoms with Crippen molar-refractivity contribution in [1.29, 1.82) is 0 Å². The molecule has 0 aromatic heterocycles. The molecule has 0 saturated carbocycles. The maximum atomic E-state index is 11.6. The van der Waals surface area contributed by atoms with Crippen molar-refractivity contribution in [2.24, 2.45) is 0 Å². The predicted octanol–water partition coefficient (Wildman–Crippen LogP) is 5.78. The van der Waals surface area contributed by atoms with Crippen LogP contribution in [-0.2, 0) is 9.53 Å². The van der Waals surface area contributed by atoms with Gasteiger partial charge in [0.15, 0.2) is 0 Å². The third-order valence-corrected chi connectivity index (χ3v) is 4.32. The molecule has 0 saturated heterocycles. The molecule has 1 unspecified atom stereocenters. The normalized spacial score (nSPS) is 12.3. The average Bonchev–Trinajstić information content (AvgIpc) is 2.54. The van der Waals surface area contributed by atoms with Crippen LogP contribution in [-0.4, -0.2) is 23.8 Å². The third kappa shape index (κ3) is 17.6. The zero-order valence-corrected chi connectivity index (χ0v) is 15.7. The van der Waals surface area contributed by atoms with Crippen molar-refractivity contribution < 1.29 is 14.6 Å². The summed E-state index contributed by atoms with van der Waals surface area (Å²) in [5.41, 5.74) is 0. The molecule has 0 radical (unpaired) electrons. The van der Waals surface area contributed by atoms with Gasteiger partial charge in [-0.25, -0.2) is 0 Å². The first-order valence-electron chi connectivity index (χ1n) is 10.0. The molecule has 3 heteroatoms. The molecule has 138 valence electrons. The number of carbonyl (C=O) groups excluding carboxylic acids is 1. The molecule has 0 spiro atoms. The number of carbonyl (C=O) groups is 1. The minimum atomic E-state index is -0.228. The number of hydrogen-bond donors (Lipinski definition) is 1. The van der Waals surface area contributed by atoms with E-state index < -0.39 is 0 Å². The van der Waals surface area contributed by atoms with E-state index in [1.54, 1.807) is 0 Å². The number of unbranched alkanes of at least 4 members (excludes halogenated alkanes) is 9. The first kappa shape index (κ1) is 22.4. The van der Waals surface area contributed by atoms with Crippen LogP contribution in [0.25, 0.3) is 0 Å². The summed E-state index contributed by atoms with van der Waals surface area (Å²) in [4.78, 5) is 11.6. The average molecular weight is 329 g/mol. The lowest BCUT2D eigenvalue weighted by Crippen LogP contribution is -2.10. The summed E-state index contributed by atoms with van der Waals surface area (Å²) >= 11 is 0. The van der Waals surface area contributed by atoms with E-state index in [0.717, 1.165) is 38.5 Å². The molecule has 0 aliphatic rings. The molecule has 23 heavy (non-hydrogen) atoms. The van der Waals surface area contributed by atoms with Crippen molar-refractivity contribution >= 4 is 5.97 Å². The van der Waals surface area contributed by atoms with E-state index in [2.05, 4.69) is 13.8 Å². The Morgan fingerprint density at radius 2 is 1.30 bits per heavy atom. The largest absolute Gasteiger partial charge is 0.466 e. The molecular weight excluding hydrogens is 288 g/mol. The van der Waals surface area contributed by atoms with Gasteiger partial charge in [-0.2, -0.15) is 0 Å². The van der Waals surface area contributed by atoms with Gasteiger partial charge in [0.1, 0.15) is 0 Å². The molecule has 0 aliphatic heterocycles. The van der Waals surface area contributed by atoms with Gasteiger partial charge in [-0.05, 0) is 25.7 Å². The van der Waals surface area contributed by atoms with Crippen LogP contribution < -0.4 is 0 Å². The van der Waals surface area contributed by atoms with Gasteiger partial charge in [-0.15, -0.1) is 0 Å². The molecule has 1 atom stereocenters. The molecule has 0 aromatic carbocycles. The second-order valence-corrected chi connectivity index (χ2v) is 6.74. The molecular formula is C20H40O3. The zero-order valence-electron chi connectivity index (χ0n) is 15.7. The summed E-state index contributed by atoms with van der Waals surface area (Å²) in [5.74, 6) is -0.0745. The molecule has 3 nitrogen and oxygen atoms in total. The monoisotopic (exact) mass is 328 g/mol. The number of rotatable bonds is 17. The highest BCUT2D eigenvalue weighted by molar-refractivity contribution is 5.69. The SMILES string of the molecule is CCCCCCCCC(=O)OCCCC(O)CCCCCCC. The lowest BCUT2D eigenvalue weighted by molar-refractivity contribution is -0.144. The van der Waals surface area contributed by atoms with Crippen molar-refractivity contribution in [2.45, 2.75) is 116 Å². The summed E-state index contributed by atoms with van der Waals surface area (Å²) in [6.07, 6.45) is 16.0. The maximum absolute atomic E-state index is 11.6. The fourth-order valence-electron chi connectivity index (χ4n) is 2.75. The summed E-state index contributed by atoms with van der Waals surface area (Å²) in [7, 11) is 0. The van der Waals surface area contributed by atoms with Crippen LogP contribution >= 0.6 is 0 Å². The predicted molar refractivity (Wildman–Crippen MR) is 97.6 cm³/mol. The Kier molecular flexibility index (Phi) is 17.3. The third-order valence-electron chi connectivity index (χ3n) is 4.32. The highest BCUT2D eigenvalue weighted by Gasteiger charge is 2.06. The summed E-state index contributed by atoms with van der Waals surface area (Å²) in [5, 5.41) is 9.87. The highest BCUT2D eigenvalue weighted by atomic mass is 16.5. The smallest absolute Gasteiger partial charge is 0.305 e. The van der Waals surface area contributed by atoms with Crippen LogP contribution in [0.5, 0.6) is 0 Å². The van der Waals surface area contributed by atoms with Crippen LogP contribution in [0.3, 0.4) is 0 Å². The Morgan fingerprint density at radius 3 is 1.96 bits per heavy atom. The van der Waals surface area contributed by atoms with Gasteiger partial charge < -0.3 is 9.84 Å². The molecule has 0 aromatic rings. The van der Waals surface area contributed by atoms with Crippen LogP contribution in [0.2, 0.25) is 0 Å². The number of esters is 1. The van der Waals surface area contributed by atoms with Crippen LogP contribution in [0, 0.1) is 0 Å². The summed E-state index contributed by atoms with van der Waals surface area (Å²) in [6.45, 7) is 4.88. The molecule has 1 N–H and O–H groups in total. The highest BCUT2D eigenvalue weighted by Crippen LogP contribution is 2.11. The lowest BCUT2D eigenvalue weighted by atomic mass is 10.1. The van der Waals surface area contributed by atoms with Gasteiger partial charge >= 0.3 is 5.97 Å². The Bertz CT molecular complexity index is 253. The first-order chi connectivity index (χ1) is 11.2. The van der Waals surface area contributed by atoms with E-state index in [0.29, 0.717) is 13.0 Å². The van der Waals surface area contributed by atoms with Crippen molar-refractivity contribution in [2.75, 3.05) is 6.61 Å². The van der Waals surface area contributed by atoms with Crippen LogP contribution in [0.1, 0.15) is 110 Å². The first-order valence-corrected chi connectivity index (χ1v) is 10.0. The second-order valence-electron chi connectivity index (χ2n) is 6.74. The molecule has 0 aliphatic carbocycles. The van der Waals surface area contributed by atoms with Crippen molar-refractivity contribution in [3.8, 4) is 0 Å². The number of hydrogen-bond acceptors (Lipinski definition) is 3. The van der Waals surface area contributed by atoms with Gasteiger partial charge in [0.2, 0.25) is 0 Å². The molecule has 0 rings (SSSR count). The van der Waals surface area contributed by atoms with E-state index in [4.69, 9.17) is 4.74 Å². The number of aliphatic hydroxyl groups excluding tert-OH is 1. The Balaban J connectivity index is 3.30. The van der Waals surface area contributed by atoms with E-state index >= 15 is 0 Å². The minimum Gasteiger partial charge on any atom is -0.466 e. The Hall–Kier alpha value is -0.570. The van der Waals surface area contributed by atoms with Gasteiger partial charge in [0, 0.05) is 6.42 Å². The Morgan fingerprint density at radius 1 is 0.783 bits per heavy atom. The summed E-state index contributed by atoms with van der Waals surface area (Å²) in [6, 6.07) is 0. The standard InChI is InChI=1S/C20H40O3/c1-3-5-7-9-11-13-17-20(22)23-18-14-16-19(21)15-12-10-8-6-4-2/h19,21H,3-18H2,1-2H3. The fourth-order valence-corrected chi connectivity index (χ4v) is 2.75. The van der Waals surface area contributed by atoms with Crippen LogP contribution in [0.4, 0.5) is 0 Å². The van der Waals surface area contributed by atoms with E-state index in [1.165, 1.54) is 51.4 Å². The van der Waals surface area contributed by atoms with E-state index in [-0.39, 0.29) is 12.1 Å². The number of ether oxygens (including phenoxy) is 1. The molecule has 0 amide bonds. The molecule has 0 bridgehead atoms. The van der Waals surface area contributed by atoms with Gasteiger partial charge in [-0.1, -0.05) is 78.1 Å². The van der Waals surface area contributed by atoms with Crippen molar-refractivity contribution in [3.63, 3.8) is 0 Å². The topological polar surface area (TPSA) is 46.5 Å². The van der Waals surface area contributed by atoms with Crippen LogP contribution in [0.15, 0.2) is 0 Å². The fraction of sp³-hybridized carbons (Fsp3) is 0.950. The van der Waals surface area contributed by atoms with Crippen molar-refractivity contribution in [1.82, 2.24) is 0 Å². The Labute approximate surface area is 144 Å². The molecule has 0 fully saturated rings. The zero-order chi connectivity index (χ0) is 17.2. The van der Waals surface area contributed by atoms with Gasteiger partial charge in [0.05, 0.1) is 12.7 Å². The van der Waals surface area contributed by atoms with Gasteiger partial charge in [-0.3, -0.25) is 4.79 Å². The lowest BCUT2D eigenvalue weighted by Gasteiger charge is -2.10. The number of aliphatic hydroxyl groups is 1. The van der Waals surface area contributed by atoms with E-state index in [9.17, 15) is 9.90 Å². The minimum absolute atomic E-state index is 0.0745. The summed E-state index contributed by atoms with van der Waals surface area (Å²) < 4.78 is 5.23. The molecule has 0 heterocycles.